The highest BCUT2D eigenvalue weighted by Crippen LogP contribution is 2.04. The van der Waals surface area contributed by atoms with Crippen LogP contribution in [-0.4, -0.2) is 12.5 Å². The first-order valence-electron chi connectivity index (χ1n) is 7.13. The molecule has 2 nitrogen and oxygen atoms in total. The number of amides is 1. The molecule has 0 saturated carbocycles. The number of carbonyl (C=O) groups is 1. The topological polar surface area (TPSA) is 29.1 Å². The fourth-order valence-electron chi connectivity index (χ4n) is 1.98. The molecule has 0 aromatic heterocycles. The van der Waals surface area contributed by atoms with Crippen LogP contribution in [0.3, 0.4) is 0 Å². The molecule has 1 rings (SSSR count). The lowest BCUT2D eigenvalue weighted by molar-refractivity contribution is -0.120. The smallest absolute Gasteiger partial charge is 0.224 e. The summed E-state index contributed by atoms with van der Waals surface area (Å²) >= 11 is 0. The molecular weight excluding hydrogens is 222 g/mol. The number of nitrogens with one attached hydrogen (secondary N) is 1. The van der Waals surface area contributed by atoms with Crippen LogP contribution < -0.4 is 5.32 Å². The Morgan fingerprint density at radius 3 is 2.39 bits per heavy atom. The Balaban J connectivity index is 2.00. The second-order valence-electron chi connectivity index (χ2n) is 4.78. The Kier molecular flexibility index (Phi) is 7.94. The Morgan fingerprint density at radius 1 is 1.00 bits per heavy atom. The van der Waals surface area contributed by atoms with Crippen molar-refractivity contribution in [2.45, 2.75) is 51.9 Å². The van der Waals surface area contributed by atoms with Crippen molar-refractivity contribution in [3.05, 3.63) is 35.9 Å². The zero-order chi connectivity index (χ0) is 13.1. The van der Waals surface area contributed by atoms with Gasteiger partial charge in [0.25, 0.3) is 0 Å². The molecule has 0 atom stereocenters. The van der Waals surface area contributed by atoms with Crippen LogP contribution >= 0.6 is 0 Å². The molecular formula is C16H25NO. The zero-order valence-corrected chi connectivity index (χ0v) is 11.5. The van der Waals surface area contributed by atoms with Crippen molar-refractivity contribution in [1.29, 1.82) is 0 Å². The third-order valence-corrected chi connectivity index (χ3v) is 3.06. The molecule has 0 heterocycles. The number of rotatable bonds is 9. The number of unbranched alkanes of at least 4 members (excludes halogenated alkanes) is 5. The van der Waals surface area contributed by atoms with Gasteiger partial charge in [0.2, 0.25) is 5.91 Å². The molecule has 0 aliphatic rings. The first kappa shape index (κ1) is 14.7. The zero-order valence-electron chi connectivity index (χ0n) is 11.5. The van der Waals surface area contributed by atoms with Crippen molar-refractivity contribution >= 4 is 5.91 Å². The predicted octanol–water partition coefficient (Wildman–Crippen LogP) is 3.71. The SMILES string of the molecule is CCCCCCCCNC(=O)Cc1ccccc1. The van der Waals surface area contributed by atoms with Gasteiger partial charge in [0.15, 0.2) is 0 Å². The number of carbonyl (C=O) groups excluding carboxylic acids is 1. The molecule has 0 saturated heterocycles. The van der Waals surface area contributed by atoms with E-state index in [9.17, 15) is 4.79 Å². The van der Waals surface area contributed by atoms with E-state index in [4.69, 9.17) is 0 Å². The Morgan fingerprint density at radius 2 is 1.67 bits per heavy atom. The minimum Gasteiger partial charge on any atom is -0.356 e. The lowest BCUT2D eigenvalue weighted by Crippen LogP contribution is -2.26. The third kappa shape index (κ3) is 7.10. The van der Waals surface area contributed by atoms with Crippen LogP contribution in [0.15, 0.2) is 30.3 Å². The van der Waals surface area contributed by atoms with Gasteiger partial charge < -0.3 is 5.32 Å². The van der Waals surface area contributed by atoms with Gasteiger partial charge in [-0.3, -0.25) is 4.79 Å². The molecule has 1 aromatic carbocycles. The molecule has 0 bridgehead atoms. The summed E-state index contributed by atoms with van der Waals surface area (Å²) in [5, 5.41) is 2.98. The molecule has 1 aromatic rings. The molecule has 2 heteroatoms. The number of benzene rings is 1. The number of hydrogen-bond acceptors (Lipinski definition) is 1. The highest BCUT2D eigenvalue weighted by Gasteiger charge is 2.01. The van der Waals surface area contributed by atoms with E-state index < -0.39 is 0 Å². The van der Waals surface area contributed by atoms with Crippen LogP contribution in [0, 0.1) is 0 Å². The van der Waals surface area contributed by atoms with Crippen molar-refractivity contribution in [1.82, 2.24) is 5.32 Å². The summed E-state index contributed by atoms with van der Waals surface area (Å²) in [7, 11) is 0. The van der Waals surface area contributed by atoms with Crippen LogP contribution in [-0.2, 0) is 11.2 Å². The highest BCUT2D eigenvalue weighted by atomic mass is 16.1. The minimum absolute atomic E-state index is 0.134. The molecule has 0 fully saturated rings. The number of hydrogen-bond donors (Lipinski definition) is 1. The van der Waals surface area contributed by atoms with Gasteiger partial charge in [0.05, 0.1) is 6.42 Å². The molecule has 0 radical (unpaired) electrons. The van der Waals surface area contributed by atoms with E-state index in [1.54, 1.807) is 0 Å². The summed E-state index contributed by atoms with van der Waals surface area (Å²) in [5.41, 5.74) is 1.08. The van der Waals surface area contributed by atoms with Crippen molar-refractivity contribution < 1.29 is 4.79 Å². The van der Waals surface area contributed by atoms with E-state index in [-0.39, 0.29) is 5.91 Å². The van der Waals surface area contributed by atoms with Gasteiger partial charge in [0, 0.05) is 6.54 Å². The Hall–Kier alpha value is -1.31. The highest BCUT2D eigenvalue weighted by molar-refractivity contribution is 5.78. The molecule has 1 amide bonds. The normalized spacial score (nSPS) is 10.3. The van der Waals surface area contributed by atoms with Gasteiger partial charge in [-0.25, -0.2) is 0 Å². The Labute approximate surface area is 111 Å². The van der Waals surface area contributed by atoms with Gasteiger partial charge in [0.1, 0.15) is 0 Å². The summed E-state index contributed by atoms with van der Waals surface area (Å²) in [5.74, 6) is 0.134. The van der Waals surface area contributed by atoms with Crippen LogP contribution in [0.25, 0.3) is 0 Å². The van der Waals surface area contributed by atoms with Gasteiger partial charge in [-0.05, 0) is 12.0 Å². The summed E-state index contributed by atoms with van der Waals surface area (Å²) in [4.78, 5) is 11.6. The van der Waals surface area contributed by atoms with Crippen molar-refractivity contribution in [3.8, 4) is 0 Å². The van der Waals surface area contributed by atoms with Crippen molar-refractivity contribution in [3.63, 3.8) is 0 Å². The van der Waals surface area contributed by atoms with Crippen LogP contribution in [0.4, 0.5) is 0 Å². The second-order valence-corrected chi connectivity index (χ2v) is 4.78. The average Bonchev–Trinajstić information content (AvgIpc) is 2.39. The molecule has 0 unspecified atom stereocenters. The molecule has 18 heavy (non-hydrogen) atoms. The van der Waals surface area contributed by atoms with Gasteiger partial charge in [-0.1, -0.05) is 69.4 Å². The maximum absolute atomic E-state index is 11.6. The lowest BCUT2D eigenvalue weighted by Gasteiger charge is -2.05. The van der Waals surface area contributed by atoms with Crippen LogP contribution in [0.1, 0.15) is 51.0 Å². The maximum Gasteiger partial charge on any atom is 0.224 e. The monoisotopic (exact) mass is 247 g/mol. The van der Waals surface area contributed by atoms with Gasteiger partial charge in [-0.15, -0.1) is 0 Å². The summed E-state index contributed by atoms with van der Waals surface area (Å²) in [6.07, 6.45) is 8.07. The molecule has 0 aliphatic carbocycles. The standard InChI is InChI=1S/C16H25NO/c1-2-3-4-5-6-10-13-17-16(18)14-15-11-8-7-9-12-15/h7-9,11-12H,2-6,10,13-14H2,1H3,(H,17,18). The van der Waals surface area contributed by atoms with E-state index in [1.807, 2.05) is 30.3 Å². The third-order valence-electron chi connectivity index (χ3n) is 3.06. The molecule has 100 valence electrons. The molecule has 0 aliphatic heterocycles. The fraction of sp³-hybridized carbons (Fsp3) is 0.562. The summed E-state index contributed by atoms with van der Waals surface area (Å²) in [6.45, 7) is 3.04. The van der Waals surface area contributed by atoms with Gasteiger partial charge >= 0.3 is 0 Å². The molecule has 1 N–H and O–H groups in total. The van der Waals surface area contributed by atoms with Crippen LogP contribution in [0.5, 0.6) is 0 Å². The fourth-order valence-corrected chi connectivity index (χ4v) is 1.98. The summed E-state index contributed by atoms with van der Waals surface area (Å²) in [6, 6.07) is 9.89. The molecule has 0 spiro atoms. The Bertz CT molecular complexity index is 321. The van der Waals surface area contributed by atoms with E-state index in [1.165, 1.54) is 32.1 Å². The maximum atomic E-state index is 11.6. The first-order chi connectivity index (χ1) is 8.83. The first-order valence-corrected chi connectivity index (χ1v) is 7.13. The predicted molar refractivity (Wildman–Crippen MR) is 76.5 cm³/mol. The minimum atomic E-state index is 0.134. The largest absolute Gasteiger partial charge is 0.356 e. The van der Waals surface area contributed by atoms with E-state index >= 15 is 0 Å². The lowest BCUT2D eigenvalue weighted by atomic mass is 10.1. The van der Waals surface area contributed by atoms with Gasteiger partial charge in [-0.2, -0.15) is 0 Å². The van der Waals surface area contributed by atoms with Crippen molar-refractivity contribution in [2.75, 3.05) is 6.54 Å². The van der Waals surface area contributed by atoms with Crippen molar-refractivity contribution in [2.24, 2.45) is 0 Å². The van der Waals surface area contributed by atoms with Crippen LogP contribution in [0.2, 0.25) is 0 Å². The van der Waals surface area contributed by atoms with E-state index in [0.29, 0.717) is 6.42 Å². The van der Waals surface area contributed by atoms with E-state index in [0.717, 1.165) is 18.5 Å². The van der Waals surface area contributed by atoms with E-state index in [2.05, 4.69) is 12.2 Å². The quantitative estimate of drug-likeness (QED) is 0.662. The second kappa shape index (κ2) is 9.69. The summed E-state index contributed by atoms with van der Waals surface area (Å²) < 4.78 is 0. The average molecular weight is 247 g/mol.